The molecule has 1 aromatic heterocycles. The highest BCUT2D eigenvalue weighted by molar-refractivity contribution is 6.37. The number of nitrogen functional groups attached to an aromatic ring is 1. The van der Waals surface area contributed by atoms with Gasteiger partial charge in [0.15, 0.2) is 5.82 Å². The van der Waals surface area contributed by atoms with Gasteiger partial charge < -0.3 is 19.8 Å². The zero-order chi connectivity index (χ0) is 14.3. The molecule has 0 saturated carbocycles. The highest BCUT2D eigenvalue weighted by atomic mass is 35.5. The zero-order valence-corrected chi connectivity index (χ0v) is 12.5. The average Bonchev–Trinajstić information content (AvgIpc) is 2.40. The highest BCUT2D eigenvalue weighted by Crippen LogP contribution is 2.30. The van der Waals surface area contributed by atoms with Gasteiger partial charge >= 0.3 is 0 Å². The van der Waals surface area contributed by atoms with E-state index in [2.05, 4.69) is 10.4 Å². The Bertz CT molecular complexity index is 399. The molecular formula is C11H18Cl2N4O2. The maximum atomic E-state index is 6.17. The summed E-state index contributed by atoms with van der Waals surface area (Å²) in [4.78, 5) is 6.26. The van der Waals surface area contributed by atoms with E-state index >= 15 is 0 Å². The van der Waals surface area contributed by atoms with Crippen LogP contribution in [0.3, 0.4) is 0 Å². The minimum Gasteiger partial charge on any atom is -0.383 e. The van der Waals surface area contributed by atoms with Crippen molar-refractivity contribution in [2.45, 2.75) is 0 Å². The lowest BCUT2D eigenvalue weighted by atomic mass is 10.3. The van der Waals surface area contributed by atoms with E-state index < -0.39 is 0 Å². The lowest BCUT2D eigenvalue weighted by molar-refractivity contribution is 0.190. The SMILES string of the molecule is COCCN(CCOC)c1nc(NN)c(Cl)cc1Cl. The van der Waals surface area contributed by atoms with Gasteiger partial charge in [0.1, 0.15) is 5.82 Å². The van der Waals surface area contributed by atoms with Crippen molar-refractivity contribution in [1.29, 1.82) is 0 Å². The number of methoxy groups -OCH3 is 2. The van der Waals surface area contributed by atoms with Crippen molar-refractivity contribution in [2.24, 2.45) is 5.84 Å². The number of anilines is 2. The van der Waals surface area contributed by atoms with E-state index in [0.717, 1.165) is 0 Å². The number of aromatic nitrogens is 1. The van der Waals surface area contributed by atoms with Crippen LogP contribution in [0.1, 0.15) is 0 Å². The van der Waals surface area contributed by atoms with E-state index in [1.54, 1.807) is 20.3 Å². The van der Waals surface area contributed by atoms with Gasteiger partial charge in [-0.3, -0.25) is 0 Å². The van der Waals surface area contributed by atoms with Crippen LogP contribution in [0.5, 0.6) is 0 Å². The standard InChI is InChI=1S/C11H18Cl2N4O2/c1-18-5-3-17(4-6-19-2)11-9(13)7-8(12)10(15-11)16-14/h7H,3-6,14H2,1-2H3,(H,15,16). The van der Waals surface area contributed by atoms with Crippen LogP contribution in [0.25, 0.3) is 0 Å². The van der Waals surface area contributed by atoms with Crippen LogP contribution in [-0.4, -0.2) is 45.5 Å². The summed E-state index contributed by atoms with van der Waals surface area (Å²) in [5, 5.41) is 0.825. The highest BCUT2D eigenvalue weighted by Gasteiger charge is 2.15. The minimum atomic E-state index is 0.370. The third-order valence-electron chi connectivity index (χ3n) is 2.48. The van der Waals surface area contributed by atoms with Crippen LogP contribution in [0.2, 0.25) is 10.0 Å². The van der Waals surface area contributed by atoms with Crippen LogP contribution in [0, 0.1) is 0 Å². The van der Waals surface area contributed by atoms with Gasteiger partial charge in [0.25, 0.3) is 0 Å². The van der Waals surface area contributed by atoms with Crippen LogP contribution < -0.4 is 16.2 Å². The number of nitrogens with zero attached hydrogens (tertiary/aromatic N) is 2. The minimum absolute atomic E-state index is 0.370. The monoisotopic (exact) mass is 308 g/mol. The van der Waals surface area contributed by atoms with Crippen molar-refractivity contribution in [1.82, 2.24) is 4.98 Å². The summed E-state index contributed by atoms with van der Waals surface area (Å²) in [6, 6.07) is 1.60. The molecule has 0 aliphatic carbocycles. The molecule has 0 fully saturated rings. The summed E-state index contributed by atoms with van der Waals surface area (Å²) >= 11 is 12.1. The number of nitrogens with two attached hydrogens (primary N) is 1. The van der Waals surface area contributed by atoms with Gasteiger partial charge in [0, 0.05) is 27.3 Å². The molecule has 0 unspecified atom stereocenters. The summed E-state index contributed by atoms with van der Waals surface area (Å²) < 4.78 is 10.1. The number of pyridine rings is 1. The Balaban J connectivity index is 2.98. The Morgan fingerprint density at radius 2 is 1.79 bits per heavy atom. The van der Waals surface area contributed by atoms with E-state index in [1.807, 2.05) is 4.90 Å². The first kappa shape index (κ1) is 16.3. The summed E-state index contributed by atoms with van der Waals surface area (Å²) in [6.45, 7) is 2.38. The topological polar surface area (TPSA) is 72.6 Å². The normalized spacial score (nSPS) is 10.6. The van der Waals surface area contributed by atoms with Crippen LogP contribution >= 0.6 is 23.2 Å². The molecular weight excluding hydrogens is 291 g/mol. The fourth-order valence-electron chi connectivity index (χ4n) is 1.51. The van der Waals surface area contributed by atoms with Crippen LogP contribution in [-0.2, 0) is 9.47 Å². The van der Waals surface area contributed by atoms with Gasteiger partial charge in [0.2, 0.25) is 0 Å². The molecule has 19 heavy (non-hydrogen) atoms. The van der Waals surface area contributed by atoms with Crippen molar-refractivity contribution in [3.05, 3.63) is 16.1 Å². The second-order valence-corrected chi connectivity index (χ2v) is 4.56. The molecule has 6 nitrogen and oxygen atoms in total. The first-order valence-electron chi connectivity index (χ1n) is 5.69. The summed E-state index contributed by atoms with van der Waals surface area (Å²) in [5.41, 5.74) is 2.44. The molecule has 0 radical (unpaired) electrons. The predicted octanol–water partition coefficient (Wildman–Crippen LogP) is 1.77. The molecule has 0 aromatic carbocycles. The molecule has 8 heteroatoms. The number of halogens is 2. The molecule has 0 spiro atoms. The second kappa shape index (κ2) is 8.39. The summed E-state index contributed by atoms with van der Waals surface area (Å²) in [5.74, 6) is 6.33. The number of hydrogen-bond donors (Lipinski definition) is 2. The molecule has 1 heterocycles. The molecule has 108 valence electrons. The van der Waals surface area contributed by atoms with Crippen molar-refractivity contribution >= 4 is 34.8 Å². The molecule has 0 saturated heterocycles. The third kappa shape index (κ3) is 4.67. The molecule has 1 rings (SSSR count). The first-order valence-corrected chi connectivity index (χ1v) is 6.45. The smallest absolute Gasteiger partial charge is 0.161 e. The van der Waals surface area contributed by atoms with E-state index in [0.29, 0.717) is 48.0 Å². The molecule has 0 aliphatic rings. The Kier molecular flexibility index (Phi) is 7.19. The lowest BCUT2D eigenvalue weighted by Crippen LogP contribution is -2.32. The van der Waals surface area contributed by atoms with Gasteiger partial charge in [-0.2, -0.15) is 0 Å². The fraction of sp³-hybridized carbons (Fsp3) is 0.545. The quantitative estimate of drug-likeness (QED) is 0.563. The zero-order valence-electron chi connectivity index (χ0n) is 10.9. The summed E-state index contributed by atoms with van der Waals surface area (Å²) in [6.07, 6.45) is 0. The van der Waals surface area contributed by atoms with Crippen LogP contribution in [0.4, 0.5) is 11.6 Å². The Labute approximate surface area is 122 Å². The predicted molar refractivity (Wildman–Crippen MR) is 78.0 cm³/mol. The largest absolute Gasteiger partial charge is 0.383 e. The van der Waals surface area contributed by atoms with Gasteiger partial charge in [-0.25, -0.2) is 10.8 Å². The average molecular weight is 309 g/mol. The van der Waals surface area contributed by atoms with Crippen molar-refractivity contribution in [2.75, 3.05) is 50.8 Å². The van der Waals surface area contributed by atoms with Gasteiger partial charge in [-0.15, -0.1) is 0 Å². The Morgan fingerprint density at radius 1 is 1.21 bits per heavy atom. The molecule has 1 aromatic rings. The van der Waals surface area contributed by atoms with E-state index in [1.165, 1.54) is 0 Å². The van der Waals surface area contributed by atoms with Crippen molar-refractivity contribution in [3.63, 3.8) is 0 Å². The first-order chi connectivity index (χ1) is 9.13. The number of ether oxygens (including phenoxy) is 2. The number of rotatable bonds is 8. The van der Waals surface area contributed by atoms with Gasteiger partial charge in [-0.1, -0.05) is 23.2 Å². The Morgan fingerprint density at radius 3 is 2.26 bits per heavy atom. The fourth-order valence-corrected chi connectivity index (χ4v) is 2.04. The number of nitrogens with one attached hydrogen (secondary N) is 1. The van der Waals surface area contributed by atoms with Gasteiger partial charge in [0.05, 0.1) is 23.3 Å². The molecule has 3 N–H and O–H groups in total. The maximum Gasteiger partial charge on any atom is 0.161 e. The molecule has 0 atom stereocenters. The Hall–Kier alpha value is -0.790. The van der Waals surface area contributed by atoms with Gasteiger partial charge in [-0.05, 0) is 6.07 Å². The maximum absolute atomic E-state index is 6.17. The lowest BCUT2D eigenvalue weighted by Gasteiger charge is -2.24. The molecule has 0 aliphatic heterocycles. The van der Waals surface area contributed by atoms with E-state index in [-0.39, 0.29) is 0 Å². The van der Waals surface area contributed by atoms with Crippen LogP contribution in [0.15, 0.2) is 6.07 Å². The molecule has 0 amide bonds. The van der Waals surface area contributed by atoms with E-state index in [9.17, 15) is 0 Å². The number of hydrazine groups is 1. The summed E-state index contributed by atoms with van der Waals surface area (Å²) in [7, 11) is 3.27. The number of hydrogen-bond acceptors (Lipinski definition) is 6. The van der Waals surface area contributed by atoms with Crippen molar-refractivity contribution < 1.29 is 9.47 Å². The molecule has 0 bridgehead atoms. The van der Waals surface area contributed by atoms with E-state index in [4.69, 9.17) is 38.5 Å². The third-order valence-corrected chi connectivity index (χ3v) is 3.04. The van der Waals surface area contributed by atoms with Crippen molar-refractivity contribution in [3.8, 4) is 0 Å². The second-order valence-electron chi connectivity index (χ2n) is 3.74.